The molecule has 0 radical (unpaired) electrons. The third-order valence-electron chi connectivity index (χ3n) is 5.86. The van der Waals surface area contributed by atoms with E-state index in [-0.39, 0.29) is 22.5 Å². The van der Waals surface area contributed by atoms with Gasteiger partial charge in [-0.15, -0.1) is 13.2 Å². The molecule has 1 saturated heterocycles. The first kappa shape index (κ1) is 23.5. The summed E-state index contributed by atoms with van der Waals surface area (Å²) < 4.78 is 46.6. The van der Waals surface area contributed by atoms with E-state index in [0.29, 0.717) is 43.7 Å². The van der Waals surface area contributed by atoms with E-state index in [0.717, 1.165) is 5.69 Å². The Morgan fingerprint density at radius 2 is 1.71 bits per heavy atom. The fraction of sp³-hybridized carbons (Fsp3) is 0.391. The molecule has 0 bridgehead atoms. The van der Waals surface area contributed by atoms with E-state index >= 15 is 0 Å². The highest BCUT2D eigenvalue weighted by molar-refractivity contribution is 5.57. The van der Waals surface area contributed by atoms with E-state index in [1.807, 2.05) is 13.0 Å². The van der Waals surface area contributed by atoms with Crippen molar-refractivity contribution in [2.45, 2.75) is 44.3 Å². The molecule has 182 valence electrons. The van der Waals surface area contributed by atoms with Gasteiger partial charge in [0.05, 0.1) is 4.92 Å². The summed E-state index contributed by atoms with van der Waals surface area (Å²) in [5.41, 5.74) is 1.02. The van der Waals surface area contributed by atoms with Crippen molar-refractivity contribution in [3.05, 3.63) is 70.5 Å². The van der Waals surface area contributed by atoms with Crippen molar-refractivity contribution in [1.29, 1.82) is 0 Å². The number of alkyl halides is 3. The number of anilines is 1. The van der Waals surface area contributed by atoms with Crippen molar-refractivity contribution >= 4 is 11.4 Å². The van der Waals surface area contributed by atoms with Crippen LogP contribution in [-0.2, 0) is 6.42 Å². The van der Waals surface area contributed by atoms with Gasteiger partial charge in [0, 0.05) is 62.1 Å². The zero-order valence-electron chi connectivity index (χ0n) is 18.5. The molecule has 2 N–H and O–H groups in total. The Morgan fingerprint density at radius 1 is 1.09 bits per heavy atom. The van der Waals surface area contributed by atoms with Gasteiger partial charge in [-0.3, -0.25) is 10.1 Å². The maximum Gasteiger partial charge on any atom is 0.573 e. The average Bonchev–Trinajstić information content (AvgIpc) is 3.21. The zero-order chi connectivity index (χ0) is 24.3. The molecule has 0 unspecified atom stereocenters. The van der Waals surface area contributed by atoms with Crippen molar-refractivity contribution < 1.29 is 27.6 Å². The molecule has 11 heteroatoms. The normalized spacial score (nSPS) is 17.7. The van der Waals surface area contributed by atoms with Gasteiger partial charge in [-0.25, -0.2) is 0 Å². The zero-order valence-corrected chi connectivity index (χ0v) is 18.5. The lowest BCUT2D eigenvalue weighted by Gasteiger charge is -2.34. The molecule has 2 aromatic carbocycles. The molecule has 0 saturated carbocycles. The van der Waals surface area contributed by atoms with Crippen molar-refractivity contribution in [1.82, 2.24) is 10.6 Å². The van der Waals surface area contributed by atoms with Crippen LogP contribution in [0.25, 0.3) is 0 Å². The summed E-state index contributed by atoms with van der Waals surface area (Å²) in [6.07, 6.45) is 0.504. The topological polar surface area (TPSA) is 88.9 Å². The highest BCUT2D eigenvalue weighted by atomic mass is 19.4. The van der Waals surface area contributed by atoms with Gasteiger partial charge in [0.25, 0.3) is 5.69 Å². The second-order valence-corrected chi connectivity index (χ2v) is 8.52. The van der Waals surface area contributed by atoms with Crippen LogP contribution in [0, 0.1) is 10.1 Å². The minimum atomic E-state index is -4.73. The SMILES string of the molecule is CC1(Cc2ccc(N3CCC(Oc4ccc(OC(F)(F)F)cc4)CC3)cc2[N+](=O)[O-])NC=CN1. The van der Waals surface area contributed by atoms with E-state index in [1.165, 1.54) is 24.3 Å². The summed E-state index contributed by atoms with van der Waals surface area (Å²) in [7, 11) is 0. The van der Waals surface area contributed by atoms with E-state index in [1.54, 1.807) is 24.5 Å². The number of nitrogens with one attached hydrogen (secondary N) is 2. The Kier molecular flexibility index (Phi) is 6.45. The van der Waals surface area contributed by atoms with Crippen LogP contribution in [0.4, 0.5) is 24.5 Å². The van der Waals surface area contributed by atoms with Crippen molar-refractivity contribution in [2.24, 2.45) is 0 Å². The predicted molar refractivity (Wildman–Crippen MR) is 120 cm³/mol. The number of piperidine rings is 1. The first-order valence-electron chi connectivity index (χ1n) is 10.9. The lowest BCUT2D eigenvalue weighted by Crippen LogP contribution is -2.47. The van der Waals surface area contributed by atoms with E-state index in [2.05, 4.69) is 20.3 Å². The smallest absolute Gasteiger partial charge is 0.490 e. The number of halogens is 3. The van der Waals surface area contributed by atoms with Gasteiger partial charge in [0.2, 0.25) is 0 Å². The van der Waals surface area contributed by atoms with Gasteiger partial charge < -0.3 is 25.0 Å². The Labute approximate surface area is 194 Å². The van der Waals surface area contributed by atoms with E-state index < -0.39 is 12.0 Å². The molecule has 2 aliphatic heterocycles. The summed E-state index contributed by atoms with van der Waals surface area (Å²) in [4.78, 5) is 13.5. The summed E-state index contributed by atoms with van der Waals surface area (Å²) in [5.74, 6) is 0.162. The lowest BCUT2D eigenvalue weighted by atomic mass is 9.99. The fourth-order valence-corrected chi connectivity index (χ4v) is 4.19. The number of ether oxygens (including phenoxy) is 2. The molecule has 8 nitrogen and oxygen atoms in total. The van der Waals surface area contributed by atoms with Crippen LogP contribution in [0.3, 0.4) is 0 Å². The Morgan fingerprint density at radius 3 is 2.29 bits per heavy atom. The standard InChI is InChI=1S/C23H25F3N4O4/c1-22(27-10-11-28-22)15-16-2-3-17(14-21(16)30(31)32)29-12-8-19(9-13-29)33-18-4-6-20(7-5-18)34-23(24,25)26/h2-7,10-11,14,19,27-28H,8-9,12-13,15H2,1H3. The number of hydrogen-bond donors (Lipinski definition) is 2. The third-order valence-corrected chi connectivity index (χ3v) is 5.86. The molecule has 0 spiro atoms. The van der Waals surface area contributed by atoms with Crippen LogP contribution >= 0.6 is 0 Å². The number of rotatable bonds is 7. The molecule has 0 atom stereocenters. The maximum absolute atomic E-state index is 12.3. The highest BCUT2D eigenvalue weighted by Gasteiger charge is 2.31. The molecule has 1 fully saturated rings. The van der Waals surface area contributed by atoms with Crippen LogP contribution < -0.4 is 25.0 Å². The Hall–Kier alpha value is -3.63. The Bertz CT molecular complexity index is 1040. The number of nitro groups is 1. The van der Waals surface area contributed by atoms with E-state index in [4.69, 9.17) is 4.74 Å². The number of hydrogen-bond acceptors (Lipinski definition) is 7. The molecule has 2 heterocycles. The minimum Gasteiger partial charge on any atom is -0.490 e. The molecule has 0 amide bonds. The molecule has 0 aliphatic carbocycles. The second kappa shape index (κ2) is 9.32. The van der Waals surface area contributed by atoms with Crippen LogP contribution in [0.2, 0.25) is 0 Å². The van der Waals surface area contributed by atoms with Gasteiger partial charge in [0.1, 0.15) is 23.3 Å². The maximum atomic E-state index is 12.3. The lowest BCUT2D eigenvalue weighted by molar-refractivity contribution is -0.385. The summed E-state index contributed by atoms with van der Waals surface area (Å²) >= 11 is 0. The molecular formula is C23H25F3N4O4. The molecule has 4 rings (SSSR count). The number of nitro benzene ring substituents is 1. The fourth-order valence-electron chi connectivity index (χ4n) is 4.19. The van der Waals surface area contributed by atoms with Crippen molar-refractivity contribution in [3.8, 4) is 11.5 Å². The first-order chi connectivity index (χ1) is 16.1. The van der Waals surface area contributed by atoms with Crippen LogP contribution in [-0.4, -0.2) is 36.1 Å². The van der Waals surface area contributed by atoms with Crippen LogP contribution in [0.15, 0.2) is 54.9 Å². The highest BCUT2D eigenvalue weighted by Crippen LogP contribution is 2.31. The number of nitrogens with zero attached hydrogens (tertiary/aromatic N) is 2. The Balaban J connectivity index is 1.35. The molecule has 2 aliphatic rings. The predicted octanol–water partition coefficient (Wildman–Crippen LogP) is 4.46. The monoisotopic (exact) mass is 478 g/mol. The molecule has 2 aromatic rings. The van der Waals surface area contributed by atoms with Crippen LogP contribution in [0.1, 0.15) is 25.3 Å². The van der Waals surface area contributed by atoms with Crippen molar-refractivity contribution in [3.63, 3.8) is 0 Å². The van der Waals surface area contributed by atoms with Crippen LogP contribution in [0.5, 0.6) is 11.5 Å². The quantitative estimate of drug-likeness (QED) is 0.449. The van der Waals surface area contributed by atoms with Gasteiger partial charge >= 0.3 is 6.36 Å². The molecule has 34 heavy (non-hydrogen) atoms. The van der Waals surface area contributed by atoms with Gasteiger partial charge in [-0.05, 0) is 43.3 Å². The van der Waals surface area contributed by atoms with Gasteiger partial charge in [0.15, 0.2) is 0 Å². The minimum absolute atomic E-state index is 0.0776. The van der Waals surface area contributed by atoms with Gasteiger partial charge in [-0.2, -0.15) is 0 Å². The molecule has 0 aromatic heterocycles. The largest absolute Gasteiger partial charge is 0.573 e. The van der Waals surface area contributed by atoms with Gasteiger partial charge in [-0.1, -0.05) is 0 Å². The summed E-state index contributed by atoms with van der Waals surface area (Å²) in [6, 6.07) is 10.6. The summed E-state index contributed by atoms with van der Waals surface area (Å²) in [5, 5.41) is 18.1. The molecular weight excluding hydrogens is 453 g/mol. The number of benzene rings is 2. The average molecular weight is 478 g/mol. The summed E-state index contributed by atoms with van der Waals surface area (Å²) in [6.45, 7) is 3.22. The van der Waals surface area contributed by atoms with E-state index in [9.17, 15) is 23.3 Å². The van der Waals surface area contributed by atoms with Crippen molar-refractivity contribution in [2.75, 3.05) is 18.0 Å². The third kappa shape index (κ3) is 5.83. The first-order valence-corrected chi connectivity index (χ1v) is 10.9. The second-order valence-electron chi connectivity index (χ2n) is 8.52.